The van der Waals surface area contributed by atoms with E-state index in [0.29, 0.717) is 0 Å². The van der Waals surface area contributed by atoms with Crippen molar-refractivity contribution in [1.29, 1.82) is 0 Å². The van der Waals surface area contributed by atoms with Crippen LogP contribution >= 0.6 is 18.8 Å². The van der Waals surface area contributed by atoms with Crippen molar-refractivity contribution in [2.75, 3.05) is 0 Å². The van der Waals surface area contributed by atoms with E-state index < -0.39 is 14.5 Å². The van der Waals surface area contributed by atoms with Gasteiger partial charge in [-0.15, -0.1) is 0 Å². The van der Waals surface area contributed by atoms with Gasteiger partial charge < -0.3 is 0 Å². The van der Waals surface area contributed by atoms with E-state index in [-0.39, 0.29) is 0 Å². The van der Waals surface area contributed by atoms with Crippen LogP contribution in [-0.4, -0.2) is 9.97 Å². The van der Waals surface area contributed by atoms with Crippen LogP contribution in [0.4, 0.5) is 0 Å². The third-order valence-electron chi connectivity index (χ3n) is 2.52. The van der Waals surface area contributed by atoms with Gasteiger partial charge in [-0.3, -0.25) is 9.97 Å². The first-order valence-electron chi connectivity index (χ1n) is 5.57. The van der Waals surface area contributed by atoms with E-state index >= 15 is 0 Å². The minimum Gasteiger partial charge on any atom is -0.254 e. The molecule has 0 saturated heterocycles. The Labute approximate surface area is 131 Å². The Morgan fingerprint density at radius 1 is 0.810 bits per heavy atom. The second kappa shape index (κ2) is 6.98. The van der Waals surface area contributed by atoms with Gasteiger partial charge in [0.15, 0.2) is 0 Å². The third kappa shape index (κ3) is 4.00. The average molecular weight is 407 g/mol. The minimum atomic E-state index is -4.02. The van der Waals surface area contributed by atoms with Gasteiger partial charge in [0.05, 0.1) is 11.0 Å². The maximum Gasteiger partial charge on any atom is 0.0964 e. The van der Waals surface area contributed by atoms with Crippen LogP contribution < -0.4 is 0 Å². The molecule has 21 heavy (non-hydrogen) atoms. The van der Waals surface area contributed by atoms with Gasteiger partial charge in [-0.1, -0.05) is 24.3 Å². The fourth-order valence-corrected chi connectivity index (χ4v) is 1.76. The molecule has 0 fully saturated rings. The van der Waals surface area contributed by atoms with Gasteiger partial charge in [0.1, 0.15) is 0 Å². The smallest absolute Gasteiger partial charge is 0.0964 e. The molecule has 3 aromatic rings. The number of pyridine rings is 2. The van der Waals surface area contributed by atoms with E-state index in [0.717, 1.165) is 21.8 Å². The zero-order chi connectivity index (χ0) is 15.3. The molecule has 0 aliphatic carbocycles. The summed E-state index contributed by atoms with van der Waals surface area (Å²) in [5.74, 6) is 0. The molecule has 6 nitrogen and oxygen atoms in total. The van der Waals surface area contributed by atoms with Crippen molar-refractivity contribution in [2.45, 2.75) is 0 Å². The first-order chi connectivity index (χ1) is 10.1. The molecule has 0 N–H and O–H groups in total. The molecule has 0 unspecified atom stereocenters. The van der Waals surface area contributed by atoms with Crippen molar-refractivity contribution in [3.05, 3.63) is 58.6 Å². The molecule has 0 spiro atoms. The van der Waals surface area contributed by atoms with Crippen molar-refractivity contribution in [3.8, 4) is 0 Å². The molecule has 0 bridgehead atoms. The van der Waals surface area contributed by atoms with Crippen molar-refractivity contribution in [1.82, 2.24) is 9.97 Å². The summed E-state index contributed by atoms with van der Waals surface area (Å²) in [6, 6.07) is 12.1. The van der Waals surface area contributed by atoms with Crippen LogP contribution in [-0.2, 0) is 14.5 Å². The Balaban J connectivity index is 0.000000199. The summed E-state index contributed by atoms with van der Waals surface area (Å²) in [5, 5.41) is 2.28. The molecule has 0 saturated carbocycles. The summed E-state index contributed by atoms with van der Waals surface area (Å²) >= 11 is -4.02. The van der Waals surface area contributed by atoms with Crippen LogP contribution in [0, 0.1) is 9.81 Å². The molecule has 2 heterocycles. The second-order valence-corrected chi connectivity index (χ2v) is 12.6. The normalized spacial score (nSPS) is 11.5. The third-order valence-corrected chi connectivity index (χ3v) is 4.74. The Hall–Kier alpha value is -1.49. The van der Waals surface area contributed by atoms with E-state index in [1.54, 1.807) is 12.4 Å². The Morgan fingerprint density at radius 2 is 1.24 bits per heavy atom. The second-order valence-electron chi connectivity index (χ2n) is 3.78. The van der Waals surface area contributed by atoms with Crippen LogP contribution in [0.25, 0.3) is 21.8 Å². The fourth-order valence-electron chi connectivity index (χ4n) is 1.69. The SMILES string of the molecule is O=[N][Mo]([Cl])([Cl])[N]=O.c1cnc2c(c1)ccc1cccnc12. The van der Waals surface area contributed by atoms with E-state index in [1.165, 1.54) is 0 Å². The monoisotopic (exact) mass is 408 g/mol. The number of rotatable bonds is 2. The van der Waals surface area contributed by atoms with Gasteiger partial charge in [-0.05, 0) is 12.1 Å². The van der Waals surface area contributed by atoms with Crippen LogP contribution in [0.15, 0.2) is 56.3 Å². The summed E-state index contributed by atoms with van der Waals surface area (Å²) in [6.45, 7) is 0. The Kier molecular flexibility index (Phi) is 5.28. The summed E-state index contributed by atoms with van der Waals surface area (Å²) in [5.41, 5.74) is 1.95. The number of nitroso groups, excluding NO2 is 2. The fraction of sp³-hybridized carbons (Fsp3) is 0. The Morgan fingerprint density at radius 3 is 1.57 bits per heavy atom. The maximum absolute atomic E-state index is 9.33. The topological polar surface area (TPSA) is 84.6 Å². The summed E-state index contributed by atoms with van der Waals surface area (Å²) in [7, 11) is 9.80. The van der Waals surface area contributed by atoms with Gasteiger partial charge in [-0.2, -0.15) is 0 Å². The molecule has 2 aromatic heterocycles. The van der Waals surface area contributed by atoms with Crippen LogP contribution in [0.3, 0.4) is 0 Å². The van der Waals surface area contributed by atoms with Crippen molar-refractivity contribution in [2.24, 2.45) is 7.47 Å². The first kappa shape index (κ1) is 15.9. The molecular formula is C12H8Cl2MoN4O2. The minimum absolute atomic E-state index is 0.977. The predicted octanol–water partition coefficient (Wildman–Crippen LogP) is 4.59. The van der Waals surface area contributed by atoms with Crippen LogP contribution in [0.5, 0.6) is 0 Å². The first-order valence-corrected chi connectivity index (χ1v) is 12.5. The summed E-state index contributed by atoms with van der Waals surface area (Å²) < 4.78 is 4.26. The zero-order valence-corrected chi connectivity index (χ0v) is 13.9. The molecule has 0 aliphatic rings. The molecule has 108 valence electrons. The molecule has 0 radical (unpaired) electrons. The average Bonchev–Trinajstić information content (AvgIpc) is 2.55. The van der Waals surface area contributed by atoms with E-state index in [2.05, 4.69) is 41.7 Å². The number of halogens is 2. The van der Waals surface area contributed by atoms with Crippen molar-refractivity contribution in [3.63, 3.8) is 0 Å². The van der Waals surface area contributed by atoms with Crippen LogP contribution in [0.2, 0.25) is 0 Å². The Bertz CT molecular complexity index is 735. The standard InChI is InChI=1S/C12H8N2.2ClH.Mo.2NO/c1-3-9-5-6-10-4-2-8-14-12(10)11(9)13-7-1;;;;2*1-2/h1-8H;2*1H;;;/q;;;+4;2*-1/p-2. The van der Waals surface area contributed by atoms with Gasteiger partial charge in [-0.25, -0.2) is 0 Å². The van der Waals surface area contributed by atoms with Crippen molar-refractivity contribution < 1.29 is 14.5 Å². The molecule has 0 aliphatic heterocycles. The quantitative estimate of drug-likeness (QED) is 0.353. The predicted molar refractivity (Wildman–Crippen MR) is 80.3 cm³/mol. The number of hydrogen-bond acceptors (Lipinski definition) is 6. The number of fused-ring (bicyclic) bond motifs is 3. The zero-order valence-electron chi connectivity index (χ0n) is 10.4. The van der Waals surface area contributed by atoms with Gasteiger partial charge in [0, 0.05) is 23.2 Å². The largest absolute Gasteiger partial charge is 0.254 e. The summed E-state index contributed by atoms with van der Waals surface area (Å²) in [4.78, 5) is 27.4. The van der Waals surface area contributed by atoms with E-state index in [9.17, 15) is 9.81 Å². The summed E-state index contributed by atoms with van der Waals surface area (Å²) in [6.07, 6.45) is 3.60. The number of hydrogen-bond donors (Lipinski definition) is 0. The van der Waals surface area contributed by atoms with E-state index in [4.69, 9.17) is 18.8 Å². The van der Waals surface area contributed by atoms with Gasteiger partial charge in [0.25, 0.3) is 0 Å². The maximum atomic E-state index is 9.33. The van der Waals surface area contributed by atoms with Crippen LogP contribution in [0.1, 0.15) is 0 Å². The number of nitrogens with zero attached hydrogens (tertiary/aromatic N) is 4. The molecule has 9 heteroatoms. The molecule has 0 amide bonds. The number of aromatic nitrogens is 2. The number of benzene rings is 1. The molecule has 0 atom stereocenters. The van der Waals surface area contributed by atoms with Gasteiger partial charge in [0.2, 0.25) is 0 Å². The van der Waals surface area contributed by atoms with Gasteiger partial charge >= 0.3 is 50.6 Å². The van der Waals surface area contributed by atoms with Crippen molar-refractivity contribution >= 4 is 40.6 Å². The van der Waals surface area contributed by atoms with E-state index in [1.807, 2.05) is 12.1 Å². The molecule has 3 rings (SSSR count). The molecular weight excluding hydrogens is 399 g/mol. The molecule has 1 aromatic carbocycles.